The second kappa shape index (κ2) is 8.46. The van der Waals surface area contributed by atoms with Crippen LogP contribution < -0.4 is 5.73 Å². The number of H-pyrrole nitrogens is 1. The van der Waals surface area contributed by atoms with Crippen LogP contribution in [-0.4, -0.2) is 39.4 Å². The molecule has 0 amide bonds. The number of nitrogen functional groups attached to an aromatic ring is 1. The van der Waals surface area contributed by atoms with E-state index in [0.717, 1.165) is 57.0 Å². The first-order valence-electron chi connectivity index (χ1n) is 11.1. The van der Waals surface area contributed by atoms with E-state index >= 15 is 0 Å². The van der Waals surface area contributed by atoms with Gasteiger partial charge in [0.05, 0.1) is 17.4 Å². The van der Waals surface area contributed by atoms with Gasteiger partial charge < -0.3 is 15.0 Å². The fourth-order valence-electron chi connectivity index (χ4n) is 4.02. The normalized spacial score (nSPS) is 12.1. The van der Waals surface area contributed by atoms with Gasteiger partial charge >= 0.3 is 0 Å². The molecule has 1 aromatic carbocycles. The summed E-state index contributed by atoms with van der Waals surface area (Å²) in [6.45, 7) is 8.27. The number of aromatic amines is 1. The molecule has 0 aliphatic rings. The van der Waals surface area contributed by atoms with E-state index in [1.165, 1.54) is 0 Å². The van der Waals surface area contributed by atoms with E-state index < -0.39 is 8.07 Å². The predicted molar refractivity (Wildman–Crippen MR) is 137 cm³/mol. The summed E-state index contributed by atoms with van der Waals surface area (Å²) in [7, 11) is -1.17. The van der Waals surface area contributed by atoms with Crippen LogP contribution in [0.4, 0.5) is 5.82 Å². The standard InChI is InChI=1S/C25H28N6OSi/c1-33(2,3)11-10-32-16-31-23(18-4-5-19-15-29-30-22(19)12-18)14-21-20(7-9-28-25(21)31)17-6-8-27-24(26)13-17/h4-9,12-15H,10-11,16H2,1-3H3,(H2,26,27)(H,29,30). The number of ether oxygens (including phenoxy) is 1. The molecule has 0 unspecified atom stereocenters. The average molecular weight is 457 g/mol. The first-order chi connectivity index (χ1) is 15.9. The van der Waals surface area contributed by atoms with Crippen molar-refractivity contribution >= 4 is 35.8 Å². The predicted octanol–water partition coefficient (Wildman–Crippen LogP) is 5.54. The molecule has 0 saturated heterocycles. The molecule has 3 N–H and O–H groups in total. The molecule has 0 aliphatic carbocycles. The SMILES string of the molecule is C[Si](C)(C)CCOCn1c(-c2ccc3cn[nH]c3c2)cc2c(-c3ccnc(N)c3)ccnc21. The summed E-state index contributed by atoms with van der Waals surface area (Å²) in [6.07, 6.45) is 5.41. The molecule has 0 spiro atoms. The molecule has 5 aromatic rings. The minimum atomic E-state index is -1.17. The zero-order valence-corrected chi connectivity index (χ0v) is 20.2. The molecule has 7 nitrogen and oxygen atoms in total. The van der Waals surface area contributed by atoms with Gasteiger partial charge in [-0.15, -0.1) is 0 Å². The van der Waals surface area contributed by atoms with E-state index in [-0.39, 0.29) is 0 Å². The van der Waals surface area contributed by atoms with Gasteiger partial charge in [0.1, 0.15) is 18.2 Å². The Labute approximate surface area is 193 Å². The van der Waals surface area contributed by atoms with Crippen LogP contribution in [0.15, 0.2) is 61.1 Å². The highest BCUT2D eigenvalue weighted by atomic mass is 28.3. The largest absolute Gasteiger partial charge is 0.384 e. The third-order valence-corrected chi connectivity index (χ3v) is 7.55. The van der Waals surface area contributed by atoms with E-state index in [0.29, 0.717) is 12.5 Å². The monoisotopic (exact) mass is 456 g/mol. The third kappa shape index (κ3) is 4.40. The first-order valence-corrected chi connectivity index (χ1v) is 14.8. The Bertz CT molecular complexity index is 1430. The van der Waals surface area contributed by atoms with Crippen molar-refractivity contribution in [1.29, 1.82) is 0 Å². The minimum Gasteiger partial charge on any atom is -0.384 e. The smallest absolute Gasteiger partial charge is 0.142 e. The summed E-state index contributed by atoms with van der Waals surface area (Å²) in [5, 5.41) is 9.37. The number of benzene rings is 1. The van der Waals surface area contributed by atoms with Crippen molar-refractivity contribution in [3.8, 4) is 22.4 Å². The minimum absolute atomic E-state index is 0.444. The van der Waals surface area contributed by atoms with E-state index in [9.17, 15) is 0 Å². The van der Waals surface area contributed by atoms with Crippen LogP contribution in [0.3, 0.4) is 0 Å². The Hall–Kier alpha value is -3.49. The molecule has 8 heteroatoms. The van der Waals surface area contributed by atoms with E-state index in [1.54, 1.807) is 6.20 Å². The Morgan fingerprint density at radius 1 is 1.00 bits per heavy atom. The maximum absolute atomic E-state index is 6.17. The van der Waals surface area contributed by atoms with Gasteiger partial charge in [0.2, 0.25) is 0 Å². The van der Waals surface area contributed by atoms with Crippen molar-refractivity contribution < 1.29 is 4.74 Å². The van der Waals surface area contributed by atoms with Crippen LogP contribution in [0.2, 0.25) is 25.7 Å². The topological polar surface area (TPSA) is 94.6 Å². The summed E-state index contributed by atoms with van der Waals surface area (Å²) in [5.74, 6) is 0.497. The molecule has 33 heavy (non-hydrogen) atoms. The van der Waals surface area contributed by atoms with E-state index in [1.807, 2.05) is 30.6 Å². The van der Waals surface area contributed by atoms with E-state index in [4.69, 9.17) is 15.5 Å². The summed E-state index contributed by atoms with van der Waals surface area (Å²) >= 11 is 0. The molecule has 0 atom stereocenters. The zero-order chi connectivity index (χ0) is 23.0. The third-order valence-electron chi connectivity index (χ3n) is 5.84. The zero-order valence-electron chi connectivity index (χ0n) is 19.2. The number of anilines is 1. The van der Waals surface area contributed by atoms with Crippen molar-refractivity contribution in [2.75, 3.05) is 12.3 Å². The van der Waals surface area contributed by atoms with Crippen molar-refractivity contribution in [2.24, 2.45) is 0 Å². The van der Waals surface area contributed by atoms with Crippen LogP contribution in [0.5, 0.6) is 0 Å². The average Bonchev–Trinajstić information content (AvgIpc) is 3.40. The molecule has 4 heterocycles. The Morgan fingerprint density at radius 3 is 2.67 bits per heavy atom. The molecular formula is C25H28N6OSi. The molecule has 0 fully saturated rings. The fourth-order valence-corrected chi connectivity index (χ4v) is 4.77. The number of rotatable bonds is 7. The molecule has 168 valence electrons. The molecule has 0 bridgehead atoms. The Morgan fingerprint density at radius 2 is 1.85 bits per heavy atom. The molecular weight excluding hydrogens is 428 g/mol. The number of aromatic nitrogens is 5. The summed E-state index contributed by atoms with van der Waals surface area (Å²) < 4.78 is 8.33. The van der Waals surface area contributed by atoms with Gasteiger partial charge in [-0.25, -0.2) is 9.97 Å². The lowest BCUT2D eigenvalue weighted by Crippen LogP contribution is -2.22. The highest BCUT2D eigenvalue weighted by molar-refractivity contribution is 6.76. The number of fused-ring (bicyclic) bond motifs is 2. The van der Waals surface area contributed by atoms with Crippen LogP contribution in [-0.2, 0) is 11.5 Å². The van der Waals surface area contributed by atoms with Crippen LogP contribution >= 0.6 is 0 Å². The number of nitrogens with zero attached hydrogens (tertiary/aromatic N) is 4. The maximum atomic E-state index is 6.17. The quantitative estimate of drug-likeness (QED) is 0.248. The summed E-state index contributed by atoms with van der Waals surface area (Å²) in [6, 6.07) is 15.5. The van der Waals surface area contributed by atoms with Crippen LogP contribution in [0.1, 0.15) is 0 Å². The lowest BCUT2D eigenvalue weighted by atomic mass is 10.0. The number of hydrogen-bond donors (Lipinski definition) is 2. The van der Waals surface area contributed by atoms with Crippen molar-refractivity contribution in [3.63, 3.8) is 0 Å². The van der Waals surface area contributed by atoms with Crippen molar-refractivity contribution in [3.05, 3.63) is 61.1 Å². The van der Waals surface area contributed by atoms with E-state index in [2.05, 4.69) is 63.7 Å². The molecule has 4 aromatic heterocycles. The molecule has 0 saturated carbocycles. The first kappa shape index (κ1) is 21.4. The van der Waals surface area contributed by atoms with Gasteiger partial charge in [-0.05, 0) is 47.5 Å². The fraction of sp³-hybridized carbons (Fsp3) is 0.240. The van der Waals surface area contributed by atoms with Gasteiger partial charge in [-0.1, -0.05) is 31.8 Å². The van der Waals surface area contributed by atoms with Gasteiger partial charge in [0.15, 0.2) is 0 Å². The van der Waals surface area contributed by atoms with Crippen LogP contribution in [0.25, 0.3) is 44.3 Å². The Kier molecular flexibility index (Phi) is 5.47. The van der Waals surface area contributed by atoms with Gasteiger partial charge in [0, 0.05) is 43.4 Å². The van der Waals surface area contributed by atoms with Gasteiger partial charge in [-0.3, -0.25) is 5.10 Å². The highest BCUT2D eigenvalue weighted by Crippen LogP contribution is 2.35. The maximum Gasteiger partial charge on any atom is 0.142 e. The molecule has 5 rings (SSSR count). The Balaban J connectivity index is 1.62. The number of pyridine rings is 2. The highest BCUT2D eigenvalue weighted by Gasteiger charge is 2.17. The van der Waals surface area contributed by atoms with Crippen molar-refractivity contribution in [2.45, 2.75) is 32.4 Å². The van der Waals surface area contributed by atoms with Gasteiger partial charge in [-0.2, -0.15) is 5.10 Å². The van der Waals surface area contributed by atoms with Crippen molar-refractivity contribution in [1.82, 2.24) is 24.7 Å². The lowest BCUT2D eigenvalue weighted by molar-refractivity contribution is 0.0909. The number of hydrogen-bond acceptors (Lipinski definition) is 5. The number of nitrogens with one attached hydrogen (secondary N) is 1. The van der Waals surface area contributed by atoms with Gasteiger partial charge in [0.25, 0.3) is 0 Å². The lowest BCUT2D eigenvalue weighted by Gasteiger charge is -2.17. The van der Waals surface area contributed by atoms with Crippen LogP contribution in [0, 0.1) is 0 Å². The summed E-state index contributed by atoms with van der Waals surface area (Å²) in [4.78, 5) is 8.88. The second-order valence-corrected chi connectivity index (χ2v) is 15.2. The summed E-state index contributed by atoms with van der Waals surface area (Å²) in [5.41, 5.74) is 12.1. The molecule has 0 aliphatic heterocycles. The number of nitrogens with two attached hydrogens (primary N) is 1. The second-order valence-electron chi connectivity index (χ2n) is 9.54. The molecule has 0 radical (unpaired) electrons.